The van der Waals surface area contributed by atoms with E-state index in [4.69, 9.17) is 27.6 Å². The minimum absolute atomic E-state index is 0.161. The topological polar surface area (TPSA) is 65.8 Å². The Morgan fingerprint density at radius 2 is 1.59 bits per heavy atom. The Hall–Kier alpha value is -2.96. The van der Waals surface area contributed by atoms with E-state index in [2.05, 4.69) is 10.2 Å². The Kier molecular flexibility index (Phi) is 6.91. The average Bonchev–Trinajstić information content (AvgIpc) is 3.29. The number of hydrogen-bond donors (Lipinski definition) is 1. The normalized spacial score (nSPS) is 14.3. The van der Waals surface area contributed by atoms with E-state index >= 15 is 0 Å². The number of furan rings is 1. The summed E-state index contributed by atoms with van der Waals surface area (Å²) < 4.78 is 5.72. The standard InChI is InChI=1S/C26H27Cl2N3O3/c1-26(2,3)25(33)31-14-12-30(13-15-31)21-9-8-19(16-20(21)28)29-24(32)23-11-10-22(34-23)17-4-6-18(27)7-5-17/h4-11,16H,12-15H2,1-3H3,(H,29,32). The van der Waals surface area contributed by atoms with Crippen LogP contribution >= 0.6 is 23.2 Å². The van der Waals surface area contributed by atoms with Crippen LogP contribution in [0, 0.1) is 5.41 Å². The van der Waals surface area contributed by atoms with Gasteiger partial charge in [0.1, 0.15) is 5.76 Å². The first kappa shape index (κ1) is 24.2. The molecule has 2 heterocycles. The van der Waals surface area contributed by atoms with Gasteiger partial charge in [-0.15, -0.1) is 0 Å². The number of hydrogen-bond acceptors (Lipinski definition) is 4. The van der Waals surface area contributed by atoms with E-state index in [1.165, 1.54) is 0 Å². The molecule has 2 amide bonds. The van der Waals surface area contributed by atoms with Crippen molar-refractivity contribution < 1.29 is 14.0 Å². The van der Waals surface area contributed by atoms with Gasteiger partial charge in [0.05, 0.1) is 10.7 Å². The molecule has 1 aliphatic rings. The first-order valence-electron chi connectivity index (χ1n) is 11.1. The largest absolute Gasteiger partial charge is 0.451 e. The molecule has 8 heteroatoms. The lowest BCUT2D eigenvalue weighted by atomic mass is 9.94. The third kappa shape index (κ3) is 5.40. The van der Waals surface area contributed by atoms with Crippen LogP contribution in [0.2, 0.25) is 10.0 Å². The zero-order valence-electron chi connectivity index (χ0n) is 19.4. The van der Waals surface area contributed by atoms with Crippen molar-refractivity contribution in [3.63, 3.8) is 0 Å². The van der Waals surface area contributed by atoms with Crippen molar-refractivity contribution in [1.29, 1.82) is 0 Å². The summed E-state index contributed by atoms with van der Waals surface area (Å²) in [5, 5.41) is 4.00. The van der Waals surface area contributed by atoms with Gasteiger partial charge in [-0.3, -0.25) is 9.59 Å². The van der Waals surface area contributed by atoms with Gasteiger partial charge in [0.25, 0.3) is 5.91 Å². The maximum atomic E-state index is 12.7. The lowest BCUT2D eigenvalue weighted by molar-refractivity contribution is -0.139. The summed E-state index contributed by atoms with van der Waals surface area (Å²) in [6.07, 6.45) is 0. The molecule has 6 nitrogen and oxygen atoms in total. The molecule has 2 aromatic carbocycles. The maximum absolute atomic E-state index is 12.7. The van der Waals surface area contributed by atoms with Crippen molar-refractivity contribution in [2.45, 2.75) is 20.8 Å². The van der Waals surface area contributed by atoms with Gasteiger partial charge in [0.2, 0.25) is 5.91 Å². The van der Waals surface area contributed by atoms with Gasteiger partial charge in [-0.2, -0.15) is 0 Å². The number of nitrogens with zero attached hydrogens (tertiary/aromatic N) is 2. The Balaban J connectivity index is 1.39. The molecule has 0 aliphatic carbocycles. The molecule has 1 saturated heterocycles. The van der Waals surface area contributed by atoms with Gasteiger partial charge in [-0.1, -0.05) is 44.0 Å². The fourth-order valence-electron chi connectivity index (χ4n) is 3.89. The van der Waals surface area contributed by atoms with Crippen molar-refractivity contribution in [1.82, 2.24) is 4.90 Å². The fourth-order valence-corrected chi connectivity index (χ4v) is 4.31. The average molecular weight is 500 g/mol. The molecule has 1 fully saturated rings. The van der Waals surface area contributed by atoms with Gasteiger partial charge in [0.15, 0.2) is 5.76 Å². The molecule has 1 N–H and O–H groups in total. The number of rotatable bonds is 4. The highest BCUT2D eigenvalue weighted by Gasteiger charge is 2.30. The molecule has 4 rings (SSSR count). The van der Waals surface area contributed by atoms with E-state index in [1.807, 2.05) is 49.9 Å². The van der Waals surface area contributed by atoms with Crippen LogP contribution in [0.4, 0.5) is 11.4 Å². The van der Waals surface area contributed by atoms with Crippen LogP contribution in [0.15, 0.2) is 59.0 Å². The highest BCUT2D eigenvalue weighted by Crippen LogP contribution is 2.31. The second-order valence-corrected chi connectivity index (χ2v) is 10.2. The number of nitrogens with one attached hydrogen (secondary N) is 1. The number of halogens is 2. The summed E-state index contributed by atoms with van der Waals surface area (Å²) in [5.74, 6) is 0.579. The van der Waals surface area contributed by atoms with E-state index in [1.54, 1.807) is 30.3 Å². The number of benzene rings is 2. The molecule has 0 spiro atoms. The molecule has 1 aromatic heterocycles. The van der Waals surface area contributed by atoms with Gasteiger partial charge in [0, 0.05) is 47.9 Å². The van der Waals surface area contributed by atoms with Gasteiger partial charge < -0.3 is 19.5 Å². The Bertz CT molecular complexity index is 1190. The molecular weight excluding hydrogens is 473 g/mol. The third-order valence-electron chi connectivity index (χ3n) is 5.71. The maximum Gasteiger partial charge on any atom is 0.291 e. The van der Waals surface area contributed by atoms with Crippen molar-refractivity contribution in [2.24, 2.45) is 5.41 Å². The van der Waals surface area contributed by atoms with Gasteiger partial charge >= 0.3 is 0 Å². The van der Waals surface area contributed by atoms with Crippen LogP contribution in [0.5, 0.6) is 0 Å². The first-order valence-corrected chi connectivity index (χ1v) is 11.9. The highest BCUT2D eigenvalue weighted by atomic mass is 35.5. The fraction of sp³-hybridized carbons (Fsp3) is 0.308. The predicted molar refractivity (Wildman–Crippen MR) is 137 cm³/mol. The van der Waals surface area contributed by atoms with Crippen LogP contribution in [-0.2, 0) is 4.79 Å². The molecule has 0 atom stereocenters. The quantitative estimate of drug-likeness (QED) is 0.463. The molecule has 3 aromatic rings. The van der Waals surface area contributed by atoms with E-state index in [-0.39, 0.29) is 23.0 Å². The molecular formula is C26H27Cl2N3O3. The second kappa shape index (κ2) is 9.72. The number of piperazine rings is 1. The van der Waals surface area contributed by atoms with Crippen LogP contribution < -0.4 is 10.2 Å². The molecule has 0 saturated carbocycles. The zero-order chi connectivity index (χ0) is 24.5. The molecule has 178 valence electrons. The summed E-state index contributed by atoms with van der Waals surface area (Å²) >= 11 is 12.5. The molecule has 34 heavy (non-hydrogen) atoms. The van der Waals surface area contributed by atoms with Crippen molar-refractivity contribution in [3.05, 3.63) is 70.4 Å². The molecule has 0 radical (unpaired) electrons. The summed E-state index contributed by atoms with van der Waals surface area (Å²) in [6.45, 7) is 8.52. The minimum atomic E-state index is -0.386. The number of carbonyl (C=O) groups excluding carboxylic acids is 2. The molecule has 0 bridgehead atoms. The predicted octanol–water partition coefficient (Wildman–Crippen LogP) is 6.20. The third-order valence-corrected chi connectivity index (χ3v) is 6.27. The van der Waals surface area contributed by atoms with E-state index in [0.717, 1.165) is 11.3 Å². The smallest absolute Gasteiger partial charge is 0.291 e. The number of carbonyl (C=O) groups is 2. The number of amides is 2. The lowest BCUT2D eigenvalue weighted by Crippen LogP contribution is -2.51. The van der Waals surface area contributed by atoms with Crippen LogP contribution in [0.3, 0.4) is 0 Å². The van der Waals surface area contributed by atoms with Crippen LogP contribution in [-0.4, -0.2) is 42.9 Å². The minimum Gasteiger partial charge on any atom is -0.451 e. The molecule has 1 aliphatic heterocycles. The SMILES string of the molecule is CC(C)(C)C(=O)N1CCN(c2ccc(NC(=O)c3ccc(-c4ccc(Cl)cc4)o3)cc2Cl)CC1. The van der Waals surface area contributed by atoms with Crippen molar-refractivity contribution >= 4 is 46.4 Å². The summed E-state index contributed by atoms with van der Waals surface area (Å²) in [4.78, 5) is 29.3. The summed E-state index contributed by atoms with van der Waals surface area (Å²) in [5.41, 5.74) is 1.90. The van der Waals surface area contributed by atoms with Crippen molar-refractivity contribution in [2.75, 3.05) is 36.4 Å². The van der Waals surface area contributed by atoms with Gasteiger partial charge in [-0.25, -0.2) is 0 Å². The Labute approximate surface area is 209 Å². The van der Waals surface area contributed by atoms with Crippen LogP contribution in [0.25, 0.3) is 11.3 Å². The van der Waals surface area contributed by atoms with Gasteiger partial charge in [-0.05, 0) is 54.6 Å². The van der Waals surface area contributed by atoms with E-state index in [0.29, 0.717) is 47.7 Å². The number of anilines is 2. The Morgan fingerprint density at radius 3 is 2.21 bits per heavy atom. The highest BCUT2D eigenvalue weighted by molar-refractivity contribution is 6.33. The van der Waals surface area contributed by atoms with Crippen molar-refractivity contribution in [3.8, 4) is 11.3 Å². The first-order chi connectivity index (χ1) is 16.1. The van der Waals surface area contributed by atoms with Crippen LogP contribution in [0.1, 0.15) is 31.3 Å². The molecule has 0 unspecified atom stereocenters. The van der Waals surface area contributed by atoms with E-state index in [9.17, 15) is 9.59 Å². The lowest BCUT2D eigenvalue weighted by Gasteiger charge is -2.39. The Morgan fingerprint density at radius 1 is 0.912 bits per heavy atom. The summed E-state index contributed by atoms with van der Waals surface area (Å²) in [7, 11) is 0. The van der Waals surface area contributed by atoms with E-state index < -0.39 is 0 Å². The monoisotopic (exact) mass is 499 g/mol. The zero-order valence-corrected chi connectivity index (χ0v) is 20.9. The second-order valence-electron chi connectivity index (χ2n) is 9.32. The summed E-state index contributed by atoms with van der Waals surface area (Å²) in [6, 6.07) is 16.0.